The van der Waals surface area contributed by atoms with Crippen LogP contribution in [0.2, 0.25) is 0 Å². The summed E-state index contributed by atoms with van der Waals surface area (Å²) in [6.45, 7) is 5.41. The lowest BCUT2D eigenvalue weighted by Gasteiger charge is -2.08. The van der Waals surface area contributed by atoms with E-state index < -0.39 is 0 Å². The van der Waals surface area contributed by atoms with Crippen molar-refractivity contribution in [3.05, 3.63) is 59.4 Å². The van der Waals surface area contributed by atoms with Crippen LogP contribution in [0.4, 0.5) is 0 Å². The molecule has 0 atom stereocenters. The Hall–Kier alpha value is -1.50. The van der Waals surface area contributed by atoms with Crippen LogP contribution in [-0.2, 0) is 13.0 Å². The highest BCUT2D eigenvalue weighted by atomic mass is 15.0. The van der Waals surface area contributed by atoms with Crippen LogP contribution in [-0.4, -0.2) is 4.57 Å². The van der Waals surface area contributed by atoms with E-state index in [-0.39, 0.29) is 0 Å². The molecule has 1 heteroatoms. The van der Waals surface area contributed by atoms with Crippen LogP contribution in [0.15, 0.2) is 42.5 Å². The zero-order valence-corrected chi connectivity index (χ0v) is 9.40. The fourth-order valence-electron chi connectivity index (χ4n) is 1.94. The van der Waals surface area contributed by atoms with Gasteiger partial charge in [-0.1, -0.05) is 30.3 Å². The van der Waals surface area contributed by atoms with Gasteiger partial charge in [0, 0.05) is 17.9 Å². The van der Waals surface area contributed by atoms with Gasteiger partial charge in [-0.3, -0.25) is 0 Å². The molecule has 2 rings (SSSR count). The highest BCUT2D eigenvalue weighted by Crippen LogP contribution is 2.09. The highest BCUT2D eigenvalue weighted by molar-refractivity contribution is 5.17. The average molecular weight is 199 g/mol. The minimum atomic E-state index is 1.08. The molecule has 0 bridgehead atoms. The van der Waals surface area contributed by atoms with E-state index in [0.717, 1.165) is 13.0 Å². The largest absolute Gasteiger partial charge is 0.349 e. The second-order valence-electron chi connectivity index (χ2n) is 4.00. The summed E-state index contributed by atoms with van der Waals surface area (Å²) in [7, 11) is 0. The van der Waals surface area contributed by atoms with Gasteiger partial charge < -0.3 is 4.57 Å². The Balaban J connectivity index is 2.05. The molecule has 1 heterocycles. The molecule has 1 aromatic heterocycles. The van der Waals surface area contributed by atoms with Crippen LogP contribution in [0.1, 0.15) is 17.0 Å². The van der Waals surface area contributed by atoms with Gasteiger partial charge in [-0.25, -0.2) is 0 Å². The Morgan fingerprint density at radius 1 is 0.867 bits per heavy atom. The smallest absolute Gasteiger partial charge is 0.0265 e. The topological polar surface area (TPSA) is 4.93 Å². The van der Waals surface area contributed by atoms with Crippen LogP contribution < -0.4 is 0 Å². The summed E-state index contributed by atoms with van der Waals surface area (Å²) < 4.78 is 2.37. The van der Waals surface area contributed by atoms with E-state index in [2.05, 4.69) is 60.9 Å². The maximum Gasteiger partial charge on any atom is 0.0265 e. The first kappa shape index (κ1) is 10.0. The van der Waals surface area contributed by atoms with E-state index in [1.165, 1.54) is 17.0 Å². The van der Waals surface area contributed by atoms with E-state index in [1.807, 2.05) is 0 Å². The first-order valence-corrected chi connectivity index (χ1v) is 5.44. The Bertz CT molecular complexity index is 406. The standard InChI is InChI=1S/C14H17N/c1-12-8-9-13(2)15(12)11-10-14-6-4-3-5-7-14/h3-9H,10-11H2,1-2H3. The third kappa shape index (κ3) is 2.30. The number of benzene rings is 1. The lowest BCUT2D eigenvalue weighted by molar-refractivity contribution is 0.664. The maximum atomic E-state index is 2.37. The minimum Gasteiger partial charge on any atom is -0.349 e. The Kier molecular flexibility index (Phi) is 2.91. The zero-order valence-electron chi connectivity index (χ0n) is 9.40. The van der Waals surface area contributed by atoms with Gasteiger partial charge in [0.25, 0.3) is 0 Å². The monoisotopic (exact) mass is 199 g/mol. The average Bonchev–Trinajstić information content (AvgIpc) is 2.58. The third-order valence-corrected chi connectivity index (χ3v) is 2.88. The van der Waals surface area contributed by atoms with Crippen molar-refractivity contribution >= 4 is 0 Å². The van der Waals surface area contributed by atoms with E-state index >= 15 is 0 Å². The molecule has 0 unspecified atom stereocenters. The normalized spacial score (nSPS) is 10.5. The predicted octanol–water partition coefficient (Wildman–Crippen LogP) is 3.35. The molecule has 0 spiro atoms. The summed E-state index contributed by atoms with van der Waals surface area (Å²) in [4.78, 5) is 0. The Morgan fingerprint density at radius 2 is 1.47 bits per heavy atom. The summed E-state index contributed by atoms with van der Waals surface area (Å²) in [5, 5.41) is 0. The molecule has 0 aliphatic carbocycles. The molecule has 15 heavy (non-hydrogen) atoms. The van der Waals surface area contributed by atoms with Crippen molar-refractivity contribution in [2.24, 2.45) is 0 Å². The number of hydrogen-bond acceptors (Lipinski definition) is 0. The number of rotatable bonds is 3. The number of aromatic nitrogens is 1. The van der Waals surface area contributed by atoms with E-state index in [9.17, 15) is 0 Å². The van der Waals surface area contributed by atoms with Gasteiger partial charge in [-0.05, 0) is 38.0 Å². The van der Waals surface area contributed by atoms with E-state index in [1.54, 1.807) is 0 Å². The molecule has 1 nitrogen and oxygen atoms in total. The number of hydrogen-bond donors (Lipinski definition) is 0. The predicted molar refractivity (Wildman–Crippen MR) is 64.1 cm³/mol. The molecule has 0 fully saturated rings. The molecule has 0 amide bonds. The summed E-state index contributed by atoms with van der Waals surface area (Å²) in [6.07, 6.45) is 1.11. The maximum absolute atomic E-state index is 2.37. The van der Waals surface area contributed by atoms with Crippen molar-refractivity contribution in [2.45, 2.75) is 26.8 Å². The van der Waals surface area contributed by atoms with E-state index in [0.29, 0.717) is 0 Å². The molecule has 0 N–H and O–H groups in total. The van der Waals surface area contributed by atoms with Gasteiger partial charge in [0.2, 0.25) is 0 Å². The van der Waals surface area contributed by atoms with Crippen LogP contribution in [0, 0.1) is 13.8 Å². The highest BCUT2D eigenvalue weighted by Gasteiger charge is 2.00. The van der Waals surface area contributed by atoms with Crippen LogP contribution in [0.25, 0.3) is 0 Å². The van der Waals surface area contributed by atoms with Gasteiger partial charge in [0.1, 0.15) is 0 Å². The second kappa shape index (κ2) is 4.35. The number of nitrogens with zero attached hydrogens (tertiary/aromatic N) is 1. The third-order valence-electron chi connectivity index (χ3n) is 2.88. The fraction of sp³-hybridized carbons (Fsp3) is 0.286. The van der Waals surface area contributed by atoms with Gasteiger partial charge in [-0.2, -0.15) is 0 Å². The molecule has 1 aromatic carbocycles. The first-order chi connectivity index (χ1) is 7.27. The van der Waals surface area contributed by atoms with Crippen molar-refractivity contribution in [1.82, 2.24) is 4.57 Å². The Morgan fingerprint density at radius 3 is 2.07 bits per heavy atom. The van der Waals surface area contributed by atoms with Gasteiger partial charge in [0.05, 0.1) is 0 Å². The fourth-order valence-corrected chi connectivity index (χ4v) is 1.94. The van der Waals surface area contributed by atoms with Crippen LogP contribution >= 0.6 is 0 Å². The second-order valence-corrected chi connectivity index (χ2v) is 4.00. The van der Waals surface area contributed by atoms with Gasteiger partial charge >= 0.3 is 0 Å². The molecule has 0 saturated heterocycles. The quantitative estimate of drug-likeness (QED) is 0.714. The van der Waals surface area contributed by atoms with Crippen molar-refractivity contribution in [1.29, 1.82) is 0 Å². The lowest BCUT2D eigenvalue weighted by Crippen LogP contribution is -2.04. The molecular formula is C14H17N. The van der Waals surface area contributed by atoms with Crippen molar-refractivity contribution in [3.8, 4) is 0 Å². The van der Waals surface area contributed by atoms with Crippen molar-refractivity contribution in [3.63, 3.8) is 0 Å². The van der Waals surface area contributed by atoms with Crippen molar-refractivity contribution in [2.75, 3.05) is 0 Å². The van der Waals surface area contributed by atoms with Gasteiger partial charge in [0.15, 0.2) is 0 Å². The molecule has 0 aliphatic heterocycles. The molecule has 0 radical (unpaired) electrons. The molecular weight excluding hydrogens is 182 g/mol. The molecule has 2 aromatic rings. The summed E-state index contributed by atoms with van der Waals surface area (Å²) in [5.41, 5.74) is 4.11. The first-order valence-electron chi connectivity index (χ1n) is 5.44. The zero-order chi connectivity index (χ0) is 10.7. The summed E-state index contributed by atoms with van der Waals surface area (Å²) >= 11 is 0. The summed E-state index contributed by atoms with van der Waals surface area (Å²) in [6, 6.07) is 15.0. The molecule has 78 valence electrons. The summed E-state index contributed by atoms with van der Waals surface area (Å²) in [5.74, 6) is 0. The number of aryl methyl sites for hydroxylation is 3. The molecule has 0 aliphatic rings. The Labute approximate surface area is 91.4 Å². The minimum absolute atomic E-state index is 1.08. The van der Waals surface area contributed by atoms with Crippen LogP contribution in [0.5, 0.6) is 0 Å². The lowest BCUT2D eigenvalue weighted by atomic mass is 10.1. The van der Waals surface area contributed by atoms with Crippen molar-refractivity contribution < 1.29 is 0 Å². The SMILES string of the molecule is Cc1ccc(C)n1CCc1ccccc1. The molecule has 0 saturated carbocycles. The van der Waals surface area contributed by atoms with Crippen LogP contribution in [0.3, 0.4) is 0 Å². The van der Waals surface area contributed by atoms with Gasteiger partial charge in [-0.15, -0.1) is 0 Å². The van der Waals surface area contributed by atoms with E-state index in [4.69, 9.17) is 0 Å².